The van der Waals surface area contributed by atoms with E-state index in [2.05, 4.69) is 30.2 Å². The number of carbonyl (C=O) groups excluding carboxylic acids is 3. The lowest BCUT2D eigenvalue weighted by molar-refractivity contribution is -0.153. The maximum atomic E-state index is 14.8. The molecular formula is C29H32F2N8O6S. The summed E-state index contributed by atoms with van der Waals surface area (Å²) >= 11 is 1.17. The largest absolute Gasteiger partial charge is 0.468 e. The number of hydrogen-bond donors (Lipinski definition) is 2. The summed E-state index contributed by atoms with van der Waals surface area (Å²) in [6.45, 7) is 2.35. The van der Waals surface area contributed by atoms with Crippen LogP contribution in [0.3, 0.4) is 0 Å². The van der Waals surface area contributed by atoms with E-state index in [1.165, 1.54) is 34.7 Å². The SMILES string of the molecule is CCO[C@H]1CC[C@H](n2cc(NC(=O)c3csc(-c4cnn(COC(=O)CC(N)C(=O)OC)c4)n3)c(-c3nc(F)ccc3F)n2)CC1. The molecule has 4 aromatic rings. The maximum Gasteiger partial charge on any atom is 0.323 e. The zero-order valence-corrected chi connectivity index (χ0v) is 25.8. The number of anilines is 1. The highest BCUT2D eigenvalue weighted by Crippen LogP contribution is 2.34. The van der Waals surface area contributed by atoms with E-state index < -0.39 is 35.7 Å². The van der Waals surface area contributed by atoms with Crippen LogP contribution in [0, 0.1) is 11.8 Å². The second kappa shape index (κ2) is 14.7. The Morgan fingerprint density at radius 3 is 2.65 bits per heavy atom. The van der Waals surface area contributed by atoms with Crippen LogP contribution in [-0.2, 0) is 30.5 Å². The van der Waals surface area contributed by atoms with Gasteiger partial charge in [0.2, 0.25) is 5.95 Å². The molecule has 0 radical (unpaired) electrons. The average Bonchev–Trinajstić information content (AvgIpc) is 3.82. The molecule has 3 N–H and O–H groups in total. The zero-order chi connectivity index (χ0) is 32.8. The molecule has 0 aliphatic heterocycles. The summed E-state index contributed by atoms with van der Waals surface area (Å²) in [7, 11) is 1.17. The Morgan fingerprint density at radius 1 is 1.13 bits per heavy atom. The molecule has 0 saturated heterocycles. The van der Waals surface area contributed by atoms with Crippen molar-refractivity contribution in [1.82, 2.24) is 29.5 Å². The summed E-state index contributed by atoms with van der Waals surface area (Å²) in [4.78, 5) is 44.8. The van der Waals surface area contributed by atoms with Crippen molar-refractivity contribution in [2.24, 2.45) is 5.73 Å². The molecule has 1 saturated carbocycles. The minimum absolute atomic E-state index is 0.00361. The van der Waals surface area contributed by atoms with Crippen LogP contribution in [0.1, 0.15) is 55.6 Å². The molecule has 4 aromatic heterocycles. The number of ether oxygens (including phenoxy) is 3. The lowest BCUT2D eigenvalue weighted by Crippen LogP contribution is -2.34. The smallest absolute Gasteiger partial charge is 0.323 e. The van der Waals surface area contributed by atoms with Crippen molar-refractivity contribution in [3.05, 3.63) is 53.6 Å². The van der Waals surface area contributed by atoms with Gasteiger partial charge in [0.05, 0.1) is 37.6 Å². The van der Waals surface area contributed by atoms with Gasteiger partial charge in [-0.2, -0.15) is 14.6 Å². The molecule has 1 aliphatic carbocycles. The van der Waals surface area contributed by atoms with Gasteiger partial charge in [-0.25, -0.2) is 19.0 Å². The van der Waals surface area contributed by atoms with Crippen molar-refractivity contribution in [3.8, 4) is 22.0 Å². The van der Waals surface area contributed by atoms with Crippen LogP contribution in [0.5, 0.6) is 0 Å². The van der Waals surface area contributed by atoms with Crippen molar-refractivity contribution in [1.29, 1.82) is 0 Å². The number of carbonyl (C=O) groups is 3. The van der Waals surface area contributed by atoms with E-state index in [9.17, 15) is 23.2 Å². The molecule has 14 nitrogen and oxygen atoms in total. The second-order valence-electron chi connectivity index (χ2n) is 10.5. The first-order chi connectivity index (χ1) is 22.1. The molecule has 46 heavy (non-hydrogen) atoms. The number of aromatic nitrogens is 6. The number of hydrogen-bond acceptors (Lipinski definition) is 12. The van der Waals surface area contributed by atoms with Gasteiger partial charge in [0.25, 0.3) is 5.91 Å². The van der Waals surface area contributed by atoms with Gasteiger partial charge in [0, 0.05) is 29.9 Å². The van der Waals surface area contributed by atoms with Crippen LogP contribution in [0.4, 0.5) is 14.5 Å². The molecule has 244 valence electrons. The van der Waals surface area contributed by atoms with Crippen LogP contribution < -0.4 is 11.1 Å². The number of amides is 1. The van der Waals surface area contributed by atoms with Gasteiger partial charge in [-0.05, 0) is 44.7 Å². The summed E-state index contributed by atoms with van der Waals surface area (Å²) in [6, 6.07) is 0.706. The predicted molar refractivity (Wildman–Crippen MR) is 160 cm³/mol. The Labute approximate surface area is 265 Å². The molecule has 5 rings (SSSR count). The Kier molecular flexibility index (Phi) is 10.4. The van der Waals surface area contributed by atoms with Gasteiger partial charge in [-0.3, -0.25) is 19.1 Å². The van der Waals surface area contributed by atoms with Crippen LogP contribution in [-0.4, -0.2) is 73.2 Å². The number of pyridine rings is 1. The molecule has 1 atom stereocenters. The number of nitrogens with one attached hydrogen (secondary N) is 1. The molecule has 17 heteroatoms. The number of thiazole rings is 1. The molecule has 0 spiro atoms. The summed E-state index contributed by atoms with van der Waals surface area (Å²) in [5.41, 5.74) is 6.02. The molecule has 0 aromatic carbocycles. The third-order valence-corrected chi connectivity index (χ3v) is 8.19. The van der Waals surface area contributed by atoms with Crippen LogP contribution in [0.2, 0.25) is 0 Å². The van der Waals surface area contributed by atoms with Gasteiger partial charge in [-0.15, -0.1) is 11.3 Å². The highest BCUT2D eigenvalue weighted by molar-refractivity contribution is 7.13. The molecule has 4 heterocycles. The van der Waals surface area contributed by atoms with Crippen LogP contribution in [0.15, 0.2) is 36.1 Å². The summed E-state index contributed by atoms with van der Waals surface area (Å²) in [5.74, 6) is -3.71. The highest BCUT2D eigenvalue weighted by atomic mass is 32.1. The lowest BCUT2D eigenvalue weighted by atomic mass is 9.93. The average molecular weight is 659 g/mol. The van der Waals surface area contributed by atoms with E-state index in [0.29, 0.717) is 17.2 Å². The van der Waals surface area contributed by atoms with E-state index in [4.69, 9.17) is 15.2 Å². The number of esters is 2. The third-order valence-electron chi connectivity index (χ3n) is 7.30. The Balaban J connectivity index is 1.28. The van der Waals surface area contributed by atoms with E-state index in [-0.39, 0.29) is 48.1 Å². The van der Waals surface area contributed by atoms with Gasteiger partial charge in [0.1, 0.15) is 28.1 Å². The molecule has 1 fully saturated rings. The van der Waals surface area contributed by atoms with E-state index >= 15 is 0 Å². The number of halogens is 2. The standard InChI is InChI=1S/C29H32F2N8O6S/c1-3-44-18-6-4-17(5-7-18)39-13-21(26(37-39)25-19(30)8-9-23(31)36-25)34-27(41)22-14-46-28(35-22)16-11-33-38(12-16)15-45-24(40)10-20(32)29(42)43-2/h8-9,11-14,17-18,20H,3-7,10,15,32H2,1-2H3,(H,34,41)/t17-,18-,20?. The van der Waals surface area contributed by atoms with Crippen molar-refractivity contribution in [2.75, 3.05) is 19.0 Å². The van der Waals surface area contributed by atoms with E-state index in [0.717, 1.165) is 37.8 Å². The third kappa shape index (κ3) is 7.78. The minimum atomic E-state index is -1.14. The monoisotopic (exact) mass is 658 g/mol. The van der Waals surface area contributed by atoms with Crippen molar-refractivity contribution in [2.45, 2.75) is 63.9 Å². The topological polar surface area (TPSA) is 178 Å². The number of methoxy groups -OCH3 is 1. The van der Waals surface area contributed by atoms with Gasteiger partial charge in [0.15, 0.2) is 12.5 Å². The van der Waals surface area contributed by atoms with Crippen LogP contribution in [0.25, 0.3) is 22.0 Å². The fourth-order valence-corrected chi connectivity index (χ4v) is 5.77. The molecule has 1 amide bonds. The lowest BCUT2D eigenvalue weighted by Gasteiger charge is -2.28. The number of nitrogens with two attached hydrogens (primary N) is 1. The van der Waals surface area contributed by atoms with Gasteiger partial charge >= 0.3 is 11.9 Å². The van der Waals surface area contributed by atoms with Gasteiger partial charge < -0.3 is 25.3 Å². The highest BCUT2D eigenvalue weighted by Gasteiger charge is 2.27. The quantitative estimate of drug-likeness (QED) is 0.167. The first kappa shape index (κ1) is 32.8. The predicted octanol–water partition coefficient (Wildman–Crippen LogP) is 3.71. The Morgan fingerprint density at radius 2 is 1.91 bits per heavy atom. The zero-order valence-electron chi connectivity index (χ0n) is 25.0. The molecule has 0 bridgehead atoms. The molecular weight excluding hydrogens is 626 g/mol. The number of nitrogens with zero attached hydrogens (tertiary/aromatic N) is 6. The van der Waals surface area contributed by atoms with Crippen molar-refractivity contribution >= 4 is 34.9 Å². The van der Waals surface area contributed by atoms with E-state index in [1.54, 1.807) is 17.1 Å². The Hall–Kier alpha value is -4.61. The fraction of sp³-hybridized carbons (Fsp3) is 0.414. The Bertz CT molecular complexity index is 1700. The van der Waals surface area contributed by atoms with Crippen molar-refractivity contribution in [3.63, 3.8) is 0 Å². The van der Waals surface area contributed by atoms with E-state index in [1.807, 2.05) is 6.92 Å². The molecule has 1 aliphatic rings. The minimum Gasteiger partial charge on any atom is -0.468 e. The first-order valence-electron chi connectivity index (χ1n) is 14.5. The second-order valence-corrected chi connectivity index (χ2v) is 11.3. The summed E-state index contributed by atoms with van der Waals surface area (Å²) in [6.07, 6.45) is 7.63. The van der Waals surface area contributed by atoms with Crippen molar-refractivity contribution < 1.29 is 37.4 Å². The summed E-state index contributed by atoms with van der Waals surface area (Å²) in [5, 5.41) is 13.4. The molecule has 1 unspecified atom stereocenters. The first-order valence-corrected chi connectivity index (χ1v) is 15.3. The number of rotatable bonds is 12. The van der Waals surface area contributed by atoms with Gasteiger partial charge in [-0.1, -0.05) is 0 Å². The maximum absolute atomic E-state index is 14.8. The fourth-order valence-electron chi connectivity index (χ4n) is 4.99. The van der Waals surface area contributed by atoms with Crippen LogP contribution >= 0.6 is 11.3 Å². The normalized spacial score (nSPS) is 17.0. The summed E-state index contributed by atoms with van der Waals surface area (Å²) < 4.78 is 47.2.